The van der Waals surface area contributed by atoms with Crippen LogP contribution in [0.25, 0.3) is 11.5 Å². The summed E-state index contributed by atoms with van der Waals surface area (Å²) in [5, 5.41) is 11.1. The highest BCUT2D eigenvalue weighted by Crippen LogP contribution is 2.18. The molecule has 0 aliphatic heterocycles. The van der Waals surface area contributed by atoms with Gasteiger partial charge in [0.2, 0.25) is 17.3 Å². The lowest BCUT2D eigenvalue weighted by Crippen LogP contribution is -2.17. The Hall–Kier alpha value is -1.95. The molecule has 6 nitrogen and oxygen atoms in total. The van der Waals surface area contributed by atoms with Gasteiger partial charge in [-0.15, -0.1) is 10.2 Å². The molecule has 0 fully saturated rings. The van der Waals surface area contributed by atoms with Crippen molar-refractivity contribution in [2.24, 2.45) is 0 Å². The summed E-state index contributed by atoms with van der Waals surface area (Å²) in [7, 11) is 0. The number of rotatable bonds is 4. The first-order chi connectivity index (χ1) is 8.20. The van der Waals surface area contributed by atoms with Gasteiger partial charge in [-0.2, -0.15) is 0 Å². The Morgan fingerprint density at radius 2 is 2.29 bits per heavy atom. The number of aromatic amines is 1. The molecule has 2 aromatic rings. The van der Waals surface area contributed by atoms with Crippen molar-refractivity contribution in [2.45, 2.75) is 19.9 Å². The van der Waals surface area contributed by atoms with Crippen LogP contribution in [0.15, 0.2) is 27.5 Å². The van der Waals surface area contributed by atoms with Gasteiger partial charge in [-0.25, -0.2) is 0 Å². The Kier molecular flexibility index (Phi) is 3.34. The van der Waals surface area contributed by atoms with E-state index in [-0.39, 0.29) is 11.6 Å². The number of H-pyrrole nitrogens is 1. The molecule has 2 rings (SSSR count). The predicted octanol–water partition coefficient (Wildman–Crippen LogP) is 1.10. The first kappa shape index (κ1) is 11.5. The highest BCUT2D eigenvalue weighted by atomic mass is 16.4. The summed E-state index contributed by atoms with van der Waals surface area (Å²) >= 11 is 0. The van der Waals surface area contributed by atoms with Crippen LogP contribution < -0.4 is 10.9 Å². The molecule has 2 heterocycles. The quantitative estimate of drug-likeness (QED) is 0.827. The summed E-state index contributed by atoms with van der Waals surface area (Å²) in [5.41, 5.74) is 0.543. The number of nitrogens with zero attached hydrogens (tertiary/aromatic N) is 2. The maximum absolute atomic E-state index is 10.9. The van der Waals surface area contributed by atoms with Gasteiger partial charge in [-0.05, 0) is 19.5 Å². The molecular formula is C11H14N4O2. The third kappa shape index (κ3) is 2.59. The average molecular weight is 234 g/mol. The zero-order valence-corrected chi connectivity index (χ0v) is 9.73. The van der Waals surface area contributed by atoms with Crippen molar-refractivity contribution in [3.63, 3.8) is 0 Å². The van der Waals surface area contributed by atoms with Crippen LogP contribution in [0, 0.1) is 0 Å². The second-order valence-corrected chi connectivity index (χ2v) is 3.67. The Morgan fingerprint density at radius 3 is 2.94 bits per heavy atom. The van der Waals surface area contributed by atoms with Gasteiger partial charge in [-0.3, -0.25) is 4.79 Å². The molecule has 0 aliphatic rings. The molecule has 1 atom stereocenters. The molecule has 2 aromatic heterocycles. The first-order valence-corrected chi connectivity index (χ1v) is 5.46. The fourth-order valence-electron chi connectivity index (χ4n) is 1.46. The third-order valence-corrected chi connectivity index (χ3v) is 2.35. The van der Waals surface area contributed by atoms with Crippen LogP contribution in [0.4, 0.5) is 0 Å². The van der Waals surface area contributed by atoms with Crippen molar-refractivity contribution in [1.82, 2.24) is 20.5 Å². The molecule has 0 amide bonds. The van der Waals surface area contributed by atoms with Crippen molar-refractivity contribution in [1.29, 1.82) is 0 Å². The predicted molar refractivity (Wildman–Crippen MR) is 62.4 cm³/mol. The number of nitrogens with one attached hydrogen (secondary N) is 2. The Morgan fingerprint density at radius 1 is 1.47 bits per heavy atom. The topological polar surface area (TPSA) is 83.8 Å². The average Bonchev–Trinajstić information content (AvgIpc) is 2.80. The molecule has 0 aromatic carbocycles. The second kappa shape index (κ2) is 4.92. The molecule has 0 spiro atoms. The van der Waals surface area contributed by atoms with Gasteiger partial charge < -0.3 is 14.7 Å². The van der Waals surface area contributed by atoms with Crippen LogP contribution in [0.5, 0.6) is 0 Å². The normalized spacial score (nSPS) is 12.6. The van der Waals surface area contributed by atoms with Gasteiger partial charge in [-0.1, -0.05) is 6.92 Å². The van der Waals surface area contributed by atoms with Crippen LogP contribution in [0.1, 0.15) is 25.8 Å². The van der Waals surface area contributed by atoms with Gasteiger partial charge in [0.05, 0.1) is 11.6 Å². The molecule has 0 aliphatic carbocycles. The number of hydrogen-bond donors (Lipinski definition) is 2. The van der Waals surface area contributed by atoms with E-state index < -0.39 is 0 Å². The minimum absolute atomic E-state index is 0.0176. The summed E-state index contributed by atoms with van der Waals surface area (Å²) in [5.74, 6) is 0.939. The molecule has 0 saturated carbocycles. The summed E-state index contributed by atoms with van der Waals surface area (Å²) in [6.45, 7) is 4.79. The SMILES string of the molecule is CCNC(C)c1nnc(-c2ccc(=O)[nH]c2)o1. The van der Waals surface area contributed by atoms with Crippen LogP contribution in [-0.2, 0) is 0 Å². The molecule has 0 radical (unpaired) electrons. The lowest BCUT2D eigenvalue weighted by atomic mass is 10.3. The minimum atomic E-state index is -0.158. The Bertz CT molecular complexity index is 526. The zero-order chi connectivity index (χ0) is 12.3. The third-order valence-electron chi connectivity index (χ3n) is 2.35. The smallest absolute Gasteiger partial charge is 0.249 e. The number of pyridine rings is 1. The molecule has 2 N–H and O–H groups in total. The van der Waals surface area contributed by atoms with Crippen molar-refractivity contribution in [2.75, 3.05) is 6.54 Å². The molecule has 17 heavy (non-hydrogen) atoms. The summed E-state index contributed by atoms with van der Waals surface area (Å²) in [6.07, 6.45) is 1.55. The molecular weight excluding hydrogens is 220 g/mol. The first-order valence-electron chi connectivity index (χ1n) is 5.46. The highest BCUT2D eigenvalue weighted by molar-refractivity contribution is 5.49. The Balaban J connectivity index is 2.23. The lowest BCUT2D eigenvalue weighted by molar-refractivity contribution is 0.429. The van der Waals surface area contributed by atoms with Crippen molar-refractivity contribution < 1.29 is 4.42 Å². The highest BCUT2D eigenvalue weighted by Gasteiger charge is 2.13. The monoisotopic (exact) mass is 234 g/mol. The van der Waals surface area contributed by atoms with E-state index in [4.69, 9.17) is 4.42 Å². The van der Waals surface area contributed by atoms with Crippen LogP contribution in [0.3, 0.4) is 0 Å². The number of aromatic nitrogens is 3. The van der Waals surface area contributed by atoms with E-state index in [1.807, 2.05) is 13.8 Å². The van der Waals surface area contributed by atoms with E-state index in [9.17, 15) is 4.79 Å². The van der Waals surface area contributed by atoms with E-state index in [1.165, 1.54) is 6.07 Å². The summed E-state index contributed by atoms with van der Waals surface area (Å²) in [6, 6.07) is 3.09. The summed E-state index contributed by atoms with van der Waals surface area (Å²) < 4.78 is 5.52. The maximum Gasteiger partial charge on any atom is 0.249 e. The van der Waals surface area contributed by atoms with Crippen LogP contribution in [-0.4, -0.2) is 21.7 Å². The van der Waals surface area contributed by atoms with E-state index in [0.717, 1.165) is 6.54 Å². The van der Waals surface area contributed by atoms with E-state index in [0.29, 0.717) is 17.3 Å². The Labute approximate surface area is 98.1 Å². The van der Waals surface area contributed by atoms with Crippen molar-refractivity contribution in [3.8, 4) is 11.5 Å². The van der Waals surface area contributed by atoms with Gasteiger partial charge in [0.15, 0.2) is 0 Å². The van der Waals surface area contributed by atoms with Crippen LogP contribution >= 0.6 is 0 Å². The zero-order valence-electron chi connectivity index (χ0n) is 9.73. The summed E-state index contributed by atoms with van der Waals surface area (Å²) in [4.78, 5) is 13.5. The molecule has 0 saturated heterocycles. The van der Waals surface area contributed by atoms with Gasteiger partial charge in [0, 0.05) is 12.3 Å². The number of hydrogen-bond acceptors (Lipinski definition) is 5. The lowest BCUT2D eigenvalue weighted by Gasteiger charge is -2.05. The molecule has 6 heteroatoms. The van der Waals surface area contributed by atoms with Crippen LogP contribution in [0.2, 0.25) is 0 Å². The molecule has 0 bridgehead atoms. The fraction of sp³-hybridized carbons (Fsp3) is 0.364. The molecule has 90 valence electrons. The largest absolute Gasteiger partial charge is 0.419 e. The van der Waals surface area contributed by atoms with Gasteiger partial charge >= 0.3 is 0 Å². The van der Waals surface area contributed by atoms with Crippen molar-refractivity contribution >= 4 is 0 Å². The van der Waals surface area contributed by atoms with Crippen molar-refractivity contribution in [3.05, 3.63) is 34.6 Å². The van der Waals surface area contributed by atoms with E-state index >= 15 is 0 Å². The van der Waals surface area contributed by atoms with Gasteiger partial charge in [0.25, 0.3) is 0 Å². The second-order valence-electron chi connectivity index (χ2n) is 3.67. The standard InChI is InChI=1S/C11H14N4O2/c1-3-12-7(2)10-14-15-11(17-10)8-4-5-9(16)13-6-8/h4-7,12H,3H2,1-2H3,(H,13,16). The van der Waals surface area contributed by atoms with E-state index in [1.54, 1.807) is 12.3 Å². The van der Waals surface area contributed by atoms with E-state index in [2.05, 4.69) is 20.5 Å². The fourth-order valence-corrected chi connectivity index (χ4v) is 1.46. The van der Waals surface area contributed by atoms with Gasteiger partial charge in [0.1, 0.15) is 0 Å². The minimum Gasteiger partial charge on any atom is -0.419 e. The maximum atomic E-state index is 10.9. The molecule has 1 unspecified atom stereocenters.